The lowest BCUT2D eigenvalue weighted by Crippen LogP contribution is -2.13. The largest absolute Gasteiger partial charge is 0.340 e. The van der Waals surface area contributed by atoms with Gasteiger partial charge in [0.25, 0.3) is 0 Å². The van der Waals surface area contributed by atoms with E-state index < -0.39 is 0 Å². The molecule has 0 spiro atoms. The zero-order valence-electron chi connectivity index (χ0n) is 11.6. The van der Waals surface area contributed by atoms with E-state index in [-0.39, 0.29) is 0 Å². The van der Waals surface area contributed by atoms with Gasteiger partial charge >= 0.3 is 0 Å². The first-order valence-electron chi connectivity index (χ1n) is 6.40. The van der Waals surface area contributed by atoms with Crippen LogP contribution in [-0.2, 0) is 20.1 Å². The normalized spacial score (nSPS) is 10.0. The van der Waals surface area contributed by atoms with Crippen LogP contribution in [0.1, 0.15) is 28.1 Å². The number of hydrogen-bond donors (Lipinski definition) is 1. The minimum absolute atomic E-state index is 0.673. The Morgan fingerprint density at radius 3 is 2.35 bits per heavy atom. The third-order valence-electron chi connectivity index (χ3n) is 3.48. The predicted octanol–water partition coefficient (Wildman–Crippen LogP) is 2.37. The van der Waals surface area contributed by atoms with Gasteiger partial charge in [-0.1, -0.05) is 12.1 Å². The molecule has 1 aromatic carbocycles. The Labute approximate surface area is 118 Å². The van der Waals surface area contributed by atoms with Gasteiger partial charge in [-0.15, -0.1) is 0 Å². The minimum Gasteiger partial charge on any atom is -0.340 e. The number of rotatable bonds is 4. The molecule has 0 aliphatic carbocycles. The second kappa shape index (κ2) is 6.06. The smallest absolute Gasteiger partial charge is 0.120 e. The van der Waals surface area contributed by atoms with Gasteiger partial charge in [0.1, 0.15) is 11.8 Å². The van der Waals surface area contributed by atoms with Crippen LogP contribution in [0, 0.1) is 29.6 Å². The van der Waals surface area contributed by atoms with E-state index in [1.807, 2.05) is 48.9 Å². The third kappa shape index (κ3) is 2.88. The highest BCUT2D eigenvalue weighted by molar-refractivity contribution is 5.34. The summed E-state index contributed by atoms with van der Waals surface area (Å²) in [5.74, 6) is 0. The number of nitrogens with zero attached hydrogens (tertiary/aromatic N) is 3. The number of hydrogen-bond acceptors (Lipinski definition) is 3. The van der Waals surface area contributed by atoms with Crippen molar-refractivity contribution in [2.45, 2.75) is 20.0 Å². The number of aromatic nitrogens is 1. The highest BCUT2D eigenvalue weighted by atomic mass is 15.0. The average Bonchev–Trinajstić information content (AvgIpc) is 2.76. The van der Waals surface area contributed by atoms with Gasteiger partial charge in [-0.05, 0) is 36.2 Å². The average molecular weight is 264 g/mol. The van der Waals surface area contributed by atoms with Gasteiger partial charge in [-0.2, -0.15) is 10.5 Å². The monoisotopic (exact) mass is 264 g/mol. The molecule has 20 heavy (non-hydrogen) atoms. The summed E-state index contributed by atoms with van der Waals surface area (Å²) in [5, 5.41) is 21.1. The Balaban J connectivity index is 1.96. The summed E-state index contributed by atoms with van der Waals surface area (Å²) in [7, 11) is 1.90. The van der Waals surface area contributed by atoms with E-state index in [1.54, 1.807) is 0 Å². The third-order valence-corrected chi connectivity index (χ3v) is 3.48. The highest BCUT2D eigenvalue weighted by Crippen LogP contribution is 2.13. The maximum absolute atomic E-state index is 8.99. The summed E-state index contributed by atoms with van der Waals surface area (Å²) >= 11 is 0. The Kier molecular flexibility index (Phi) is 4.20. The maximum atomic E-state index is 8.99. The molecule has 0 bridgehead atoms. The van der Waals surface area contributed by atoms with Crippen LogP contribution in [0.5, 0.6) is 0 Å². The summed E-state index contributed by atoms with van der Waals surface area (Å²) in [6.07, 6.45) is 0. The molecule has 0 fully saturated rings. The molecule has 100 valence electrons. The van der Waals surface area contributed by atoms with Gasteiger partial charge < -0.3 is 9.88 Å². The summed E-state index contributed by atoms with van der Waals surface area (Å²) in [4.78, 5) is 0. The molecule has 4 nitrogen and oxygen atoms in total. The van der Waals surface area contributed by atoms with Crippen molar-refractivity contribution in [2.24, 2.45) is 7.05 Å². The van der Waals surface area contributed by atoms with Gasteiger partial charge in [0.15, 0.2) is 0 Å². The number of nitrogens with one attached hydrogen (secondary N) is 1. The van der Waals surface area contributed by atoms with Crippen molar-refractivity contribution < 1.29 is 0 Å². The molecule has 2 rings (SSSR count). The summed E-state index contributed by atoms with van der Waals surface area (Å²) in [6.45, 7) is 3.48. The fourth-order valence-electron chi connectivity index (χ4n) is 2.09. The lowest BCUT2D eigenvalue weighted by Gasteiger charge is -2.05. The first kappa shape index (κ1) is 13.9. The van der Waals surface area contributed by atoms with Crippen LogP contribution in [0.25, 0.3) is 0 Å². The van der Waals surface area contributed by atoms with E-state index in [9.17, 15) is 0 Å². The van der Waals surface area contributed by atoms with Gasteiger partial charge in [0, 0.05) is 25.8 Å². The molecule has 0 atom stereocenters. The minimum atomic E-state index is 0.673. The maximum Gasteiger partial charge on any atom is 0.120 e. The van der Waals surface area contributed by atoms with Crippen LogP contribution in [-0.4, -0.2) is 4.57 Å². The van der Waals surface area contributed by atoms with Gasteiger partial charge in [-0.3, -0.25) is 0 Å². The Bertz CT molecular complexity index is 681. The molecule has 1 N–H and O–H groups in total. The van der Waals surface area contributed by atoms with E-state index in [4.69, 9.17) is 10.5 Å². The van der Waals surface area contributed by atoms with E-state index in [2.05, 4.69) is 17.5 Å². The van der Waals surface area contributed by atoms with Crippen LogP contribution in [0.15, 0.2) is 30.3 Å². The molecular formula is C16H16N4. The van der Waals surface area contributed by atoms with Gasteiger partial charge in [0.2, 0.25) is 0 Å². The van der Waals surface area contributed by atoms with Crippen LogP contribution in [0.2, 0.25) is 0 Å². The topological polar surface area (TPSA) is 64.5 Å². The van der Waals surface area contributed by atoms with Crippen molar-refractivity contribution in [3.8, 4) is 12.1 Å². The predicted molar refractivity (Wildman–Crippen MR) is 76.6 cm³/mol. The lowest BCUT2D eigenvalue weighted by molar-refractivity contribution is 0.687. The lowest BCUT2D eigenvalue weighted by atomic mass is 10.1. The van der Waals surface area contributed by atoms with Gasteiger partial charge in [-0.25, -0.2) is 0 Å². The first-order chi connectivity index (χ1) is 9.65. The number of nitriles is 2. The fourth-order valence-corrected chi connectivity index (χ4v) is 2.09. The van der Waals surface area contributed by atoms with Crippen molar-refractivity contribution in [3.63, 3.8) is 0 Å². The Hall–Kier alpha value is -2.56. The van der Waals surface area contributed by atoms with E-state index in [0.29, 0.717) is 11.3 Å². The van der Waals surface area contributed by atoms with Crippen molar-refractivity contribution in [3.05, 3.63) is 58.4 Å². The number of benzene rings is 1. The van der Waals surface area contributed by atoms with E-state index in [0.717, 1.165) is 29.9 Å². The first-order valence-corrected chi connectivity index (χ1v) is 6.40. The molecule has 1 aromatic heterocycles. The van der Waals surface area contributed by atoms with Crippen LogP contribution < -0.4 is 5.32 Å². The van der Waals surface area contributed by atoms with Crippen LogP contribution in [0.4, 0.5) is 0 Å². The standard InChI is InChI=1S/C16H16N4/c1-12-15(7-16(9-18)20(12)2)11-19-10-14-5-3-13(8-17)4-6-14/h3-7,19H,10-11H2,1-2H3. The van der Waals surface area contributed by atoms with E-state index in [1.165, 1.54) is 0 Å². The van der Waals surface area contributed by atoms with Crippen LogP contribution >= 0.6 is 0 Å². The molecule has 0 amide bonds. The highest BCUT2D eigenvalue weighted by Gasteiger charge is 2.07. The zero-order valence-corrected chi connectivity index (χ0v) is 11.6. The second-order valence-electron chi connectivity index (χ2n) is 4.72. The second-order valence-corrected chi connectivity index (χ2v) is 4.72. The molecule has 0 aliphatic heterocycles. The molecule has 0 aliphatic rings. The van der Waals surface area contributed by atoms with Crippen molar-refractivity contribution in [2.75, 3.05) is 0 Å². The van der Waals surface area contributed by atoms with Crippen LogP contribution in [0.3, 0.4) is 0 Å². The van der Waals surface area contributed by atoms with Crippen molar-refractivity contribution in [1.29, 1.82) is 10.5 Å². The SMILES string of the molecule is Cc1c(CNCc2ccc(C#N)cc2)cc(C#N)n1C. The zero-order chi connectivity index (χ0) is 14.5. The molecule has 0 unspecified atom stereocenters. The van der Waals surface area contributed by atoms with E-state index >= 15 is 0 Å². The molecular weight excluding hydrogens is 248 g/mol. The van der Waals surface area contributed by atoms with Crippen molar-refractivity contribution in [1.82, 2.24) is 9.88 Å². The quantitative estimate of drug-likeness (QED) is 0.922. The molecule has 0 saturated heterocycles. The molecule has 4 heteroatoms. The summed E-state index contributed by atoms with van der Waals surface area (Å²) in [5.41, 5.74) is 4.73. The molecule has 0 saturated carbocycles. The fraction of sp³-hybridized carbons (Fsp3) is 0.250. The molecule has 2 aromatic rings. The molecule has 0 radical (unpaired) electrons. The molecule has 1 heterocycles. The Morgan fingerprint density at radius 1 is 1.10 bits per heavy atom. The van der Waals surface area contributed by atoms with Crippen molar-refractivity contribution >= 4 is 0 Å². The Morgan fingerprint density at radius 2 is 1.80 bits per heavy atom. The summed E-state index contributed by atoms with van der Waals surface area (Å²) < 4.78 is 1.90. The van der Waals surface area contributed by atoms with Gasteiger partial charge in [0.05, 0.1) is 11.6 Å². The summed E-state index contributed by atoms with van der Waals surface area (Å²) in [6, 6.07) is 13.7.